The SMILES string of the molecule is CC(C)(C)OC(=O)N1CCC(N2CCC=C(c3cnc4ccc(N5CCC[C@@H]5c5cccc(F)c5)nn34)C2)CC1.Cc1ccc(S(=O)(=O)OC2CCN(C(=O)OC(C)(C)C)CC2)cc1.Fc1cccc([C@H]2CCCN2c2ccc3ncc(C4=CCCNC4)n3n2)c1. The van der Waals surface area contributed by atoms with Crippen molar-refractivity contribution in [2.75, 3.05) is 75.2 Å². The molecule has 0 unspecified atom stereocenters. The first kappa shape index (κ1) is 64.7. The van der Waals surface area contributed by atoms with E-state index in [0.717, 1.165) is 155 Å². The van der Waals surface area contributed by atoms with Crippen molar-refractivity contribution in [3.05, 3.63) is 161 Å². The van der Waals surface area contributed by atoms with E-state index in [4.69, 9.17) is 23.9 Å². The fraction of sp³-hybridized carbons (Fsp3) is 0.478. The summed E-state index contributed by atoms with van der Waals surface area (Å²) in [6.07, 6.45) is 16.3. The lowest BCUT2D eigenvalue weighted by Crippen LogP contribution is -2.49. The third-order valence-electron chi connectivity index (χ3n) is 17.4. The molecule has 4 aromatic heterocycles. The summed E-state index contributed by atoms with van der Waals surface area (Å²) in [5.41, 5.74) is 8.19. The number of aryl methyl sites for hydroxylation is 1. The maximum Gasteiger partial charge on any atom is 0.410 e. The fourth-order valence-corrected chi connectivity index (χ4v) is 14.0. The number of anilines is 2. The monoisotopic (exact) mass is 1260 g/mol. The molecule has 91 heavy (non-hydrogen) atoms. The van der Waals surface area contributed by atoms with E-state index in [-0.39, 0.29) is 40.8 Å². The van der Waals surface area contributed by atoms with Crippen LogP contribution in [0.3, 0.4) is 0 Å². The molecular weight excluding hydrogens is 1180 g/mol. The number of hydrogen-bond donors (Lipinski definition) is 1. The maximum absolute atomic E-state index is 14.0. The number of nitrogens with zero attached hydrogens (tertiary/aromatic N) is 11. The van der Waals surface area contributed by atoms with Crippen LogP contribution in [0.15, 0.2) is 127 Å². The van der Waals surface area contributed by atoms with E-state index in [1.807, 2.05) is 111 Å². The topological polar surface area (TPSA) is 185 Å². The Balaban J connectivity index is 0.000000146. The molecule has 6 aliphatic heterocycles. The number of fused-ring (bicyclic) bond motifs is 2. The van der Waals surface area contributed by atoms with Crippen molar-refractivity contribution in [2.24, 2.45) is 0 Å². The van der Waals surface area contributed by atoms with Crippen LogP contribution in [0.5, 0.6) is 0 Å². The number of hydrogen-bond acceptors (Lipinski definition) is 15. The lowest BCUT2D eigenvalue weighted by molar-refractivity contribution is 0.0127. The highest BCUT2D eigenvalue weighted by molar-refractivity contribution is 7.86. The van der Waals surface area contributed by atoms with E-state index < -0.39 is 27.4 Å². The summed E-state index contributed by atoms with van der Waals surface area (Å²) in [6.45, 7) is 20.9. The molecule has 2 amide bonds. The molecule has 7 aromatic rings. The van der Waals surface area contributed by atoms with Crippen molar-refractivity contribution in [2.45, 2.75) is 153 Å². The lowest BCUT2D eigenvalue weighted by Gasteiger charge is -2.40. The van der Waals surface area contributed by atoms with Crippen molar-refractivity contribution < 1.29 is 40.4 Å². The molecule has 4 fully saturated rings. The van der Waals surface area contributed by atoms with Crippen molar-refractivity contribution in [3.63, 3.8) is 0 Å². The molecule has 19 nitrogen and oxygen atoms in total. The van der Waals surface area contributed by atoms with Crippen LogP contribution in [0.4, 0.5) is 30.0 Å². The van der Waals surface area contributed by atoms with Crippen LogP contribution in [-0.2, 0) is 23.8 Å². The number of piperidine rings is 2. The first-order valence-electron chi connectivity index (χ1n) is 32.1. The highest BCUT2D eigenvalue weighted by Crippen LogP contribution is 2.38. The first-order chi connectivity index (χ1) is 43.6. The number of rotatable bonds is 10. The Bertz CT molecular complexity index is 3860. The Hall–Kier alpha value is -7.79. The molecule has 0 radical (unpaired) electrons. The van der Waals surface area contributed by atoms with Gasteiger partial charge in [0.1, 0.15) is 34.5 Å². The summed E-state index contributed by atoms with van der Waals surface area (Å²) in [6, 6.07) is 29.2. The molecule has 484 valence electrons. The Morgan fingerprint density at radius 3 is 1.59 bits per heavy atom. The Morgan fingerprint density at radius 2 is 1.10 bits per heavy atom. The summed E-state index contributed by atoms with van der Waals surface area (Å²) in [7, 11) is -3.78. The van der Waals surface area contributed by atoms with E-state index in [9.17, 15) is 26.8 Å². The Labute approximate surface area is 533 Å². The van der Waals surface area contributed by atoms with Gasteiger partial charge in [0.15, 0.2) is 11.3 Å². The van der Waals surface area contributed by atoms with Crippen LogP contribution in [0.1, 0.15) is 146 Å². The second kappa shape index (κ2) is 28.0. The maximum atomic E-state index is 14.0. The summed E-state index contributed by atoms with van der Waals surface area (Å²) < 4.78 is 72.4. The number of ether oxygens (including phenoxy) is 2. The number of nitrogens with one attached hydrogen (secondary N) is 1. The van der Waals surface area contributed by atoms with Crippen LogP contribution in [-0.4, -0.2) is 153 Å². The quantitative estimate of drug-likeness (QED) is 0.127. The zero-order valence-electron chi connectivity index (χ0n) is 53.4. The smallest absolute Gasteiger partial charge is 0.410 e. The standard InChI is InChI=1S/C31H39FN6O2.C21H22FN5.C17H25NO5S/c1-31(2,3)40-30(39)35-17-13-25(14-18-35)36-15-5-8-23(21-36)27-20-33-28-11-12-29(34-38(27)28)37-16-6-10-26(37)22-7-4-9-24(32)19-22;22-17-6-1-4-15(12-17)18-7-3-11-26(18)21-9-8-20-24-14-19(27(20)25-21)16-5-2-10-23-13-16;1-13-5-7-15(8-6-13)24(20,21)23-14-9-11-18(12-10-14)16(19)22-17(2,3)4/h4,7-9,11-12,19-20,25-26H,5-6,10,13-18,21H2,1-3H3;1,4-6,8-9,12,14,18,23H,2-3,7,10-11,13H2;5-8,14H,9-12H2,1-4H3/t26-;18-;/m11./s1. The molecule has 10 heterocycles. The van der Waals surface area contributed by atoms with Gasteiger partial charge in [0.25, 0.3) is 10.1 Å². The molecule has 22 heteroatoms. The molecule has 1 N–H and O–H groups in total. The number of benzene rings is 3. The highest BCUT2D eigenvalue weighted by Gasteiger charge is 2.35. The predicted molar refractivity (Wildman–Crippen MR) is 348 cm³/mol. The van der Waals surface area contributed by atoms with Crippen molar-refractivity contribution in [1.82, 2.24) is 49.2 Å². The highest BCUT2D eigenvalue weighted by atomic mass is 32.2. The molecule has 0 saturated carbocycles. The zero-order chi connectivity index (χ0) is 64.0. The van der Waals surface area contributed by atoms with Gasteiger partial charge in [-0.25, -0.2) is 37.4 Å². The van der Waals surface area contributed by atoms with Gasteiger partial charge in [-0.05, 0) is 202 Å². The van der Waals surface area contributed by atoms with Crippen LogP contribution >= 0.6 is 0 Å². The molecule has 13 rings (SSSR count). The molecule has 0 spiro atoms. The zero-order valence-corrected chi connectivity index (χ0v) is 54.3. The molecular formula is C69H86F2N12O7S. The Kier molecular flexibility index (Phi) is 19.9. The third-order valence-corrected chi connectivity index (χ3v) is 18.8. The van der Waals surface area contributed by atoms with Crippen molar-refractivity contribution in [1.29, 1.82) is 0 Å². The summed E-state index contributed by atoms with van der Waals surface area (Å²) in [5.74, 6) is 1.42. The van der Waals surface area contributed by atoms with Gasteiger partial charge in [0, 0.05) is 64.9 Å². The van der Waals surface area contributed by atoms with Gasteiger partial charge in [-0.3, -0.25) is 9.08 Å². The second-order valence-electron chi connectivity index (χ2n) is 26.4. The average molecular weight is 1270 g/mol. The van der Waals surface area contributed by atoms with Crippen LogP contribution in [0.2, 0.25) is 0 Å². The summed E-state index contributed by atoms with van der Waals surface area (Å²) >= 11 is 0. The number of carbonyl (C=O) groups is 2. The van der Waals surface area contributed by atoms with Gasteiger partial charge in [-0.2, -0.15) is 8.42 Å². The largest absolute Gasteiger partial charge is 0.444 e. The molecule has 3 aromatic carbocycles. The van der Waals surface area contributed by atoms with Gasteiger partial charge in [0.05, 0.1) is 46.9 Å². The lowest BCUT2D eigenvalue weighted by atomic mass is 9.99. The summed E-state index contributed by atoms with van der Waals surface area (Å²) in [5, 5.41) is 13.4. The van der Waals surface area contributed by atoms with Crippen molar-refractivity contribution in [3.8, 4) is 0 Å². The van der Waals surface area contributed by atoms with E-state index in [0.29, 0.717) is 32.0 Å². The predicted octanol–water partition coefficient (Wildman–Crippen LogP) is 12.4. The minimum Gasteiger partial charge on any atom is -0.444 e. The van der Waals surface area contributed by atoms with Crippen LogP contribution < -0.4 is 15.1 Å². The molecule has 0 aliphatic carbocycles. The minimum atomic E-state index is -3.78. The van der Waals surface area contributed by atoms with E-state index >= 15 is 0 Å². The number of likely N-dealkylation sites (tertiary alicyclic amines) is 2. The van der Waals surface area contributed by atoms with Gasteiger partial charge in [-0.1, -0.05) is 54.1 Å². The first-order valence-corrected chi connectivity index (χ1v) is 33.6. The average Bonchev–Trinajstić information content (AvgIpc) is 1.73. The fourth-order valence-electron chi connectivity index (χ4n) is 12.9. The van der Waals surface area contributed by atoms with E-state index in [1.54, 1.807) is 53.4 Å². The summed E-state index contributed by atoms with van der Waals surface area (Å²) in [4.78, 5) is 44.4. The minimum absolute atomic E-state index is 0.114. The van der Waals surface area contributed by atoms with E-state index in [2.05, 4.69) is 42.1 Å². The van der Waals surface area contributed by atoms with Gasteiger partial charge in [0.2, 0.25) is 0 Å². The van der Waals surface area contributed by atoms with Gasteiger partial charge < -0.3 is 34.4 Å². The van der Waals surface area contributed by atoms with Crippen molar-refractivity contribution >= 4 is 56.4 Å². The van der Waals surface area contributed by atoms with Crippen LogP contribution in [0.25, 0.3) is 22.4 Å². The number of amides is 2. The molecule has 6 aliphatic rings. The van der Waals surface area contributed by atoms with Crippen LogP contribution in [0, 0.1) is 18.6 Å². The number of imidazole rings is 2. The molecule has 4 saturated heterocycles. The number of aromatic nitrogens is 6. The van der Waals surface area contributed by atoms with Gasteiger partial charge in [-0.15, -0.1) is 10.2 Å². The second-order valence-corrected chi connectivity index (χ2v) is 28.0. The number of carbonyl (C=O) groups excluding carboxylic acids is 2. The van der Waals surface area contributed by atoms with E-state index in [1.165, 1.54) is 23.3 Å². The normalized spacial score (nSPS) is 19.8. The van der Waals surface area contributed by atoms with Gasteiger partial charge >= 0.3 is 12.2 Å². The number of halogens is 2. The Morgan fingerprint density at radius 1 is 0.593 bits per heavy atom. The third kappa shape index (κ3) is 16.1. The molecule has 0 bridgehead atoms. The molecule has 2 atom stereocenters.